The molecular weight excluding hydrogens is 258 g/mol. The molecule has 3 nitrogen and oxygen atoms in total. The lowest BCUT2D eigenvalue weighted by Gasteiger charge is -2.25. The van der Waals surface area contributed by atoms with E-state index in [2.05, 4.69) is 72.4 Å². The number of anilines is 2. The molecule has 1 aromatic heterocycles. The fourth-order valence-electron chi connectivity index (χ4n) is 2.43. The zero-order valence-electron chi connectivity index (χ0n) is 13.3. The highest BCUT2D eigenvalue weighted by molar-refractivity contribution is 5.53. The second kappa shape index (κ2) is 7.67. The van der Waals surface area contributed by atoms with Gasteiger partial charge >= 0.3 is 0 Å². The number of rotatable bonds is 7. The highest BCUT2D eigenvalue weighted by Crippen LogP contribution is 2.21. The highest BCUT2D eigenvalue weighted by atomic mass is 15.1. The summed E-state index contributed by atoms with van der Waals surface area (Å²) < 4.78 is 0. The van der Waals surface area contributed by atoms with E-state index in [-0.39, 0.29) is 0 Å². The van der Waals surface area contributed by atoms with Crippen LogP contribution in [0.5, 0.6) is 0 Å². The van der Waals surface area contributed by atoms with Gasteiger partial charge in [-0.2, -0.15) is 0 Å². The number of hydrogen-bond acceptors (Lipinski definition) is 3. The molecule has 3 heteroatoms. The zero-order valence-corrected chi connectivity index (χ0v) is 13.3. The predicted molar refractivity (Wildman–Crippen MR) is 90.9 cm³/mol. The van der Waals surface area contributed by atoms with E-state index in [0.717, 1.165) is 31.9 Å². The van der Waals surface area contributed by atoms with Gasteiger partial charge in [-0.25, -0.2) is 4.98 Å². The van der Waals surface area contributed by atoms with Crippen molar-refractivity contribution in [2.24, 2.45) is 0 Å². The van der Waals surface area contributed by atoms with Gasteiger partial charge in [-0.1, -0.05) is 25.1 Å². The van der Waals surface area contributed by atoms with Crippen LogP contribution in [0.15, 0.2) is 42.6 Å². The van der Waals surface area contributed by atoms with Gasteiger partial charge in [-0.05, 0) is 49.6 Å². The molecule has 0 radical (unpaired) electrons. The summed E-state index contributed by atoms with van der Waals surface area (Å²) in [7, 11) is 0. The quantitative estimate of drug-likeness (QED) is 0.824. The van der Waals surface area contributed by atoms with E-state index in [1.165, 1.54) is 16.8 Å². The van der Waals surface area contributed by atoms with Crippen LogP contribution < -0.4 is 10.2 Å². The fourth-order valence-corrected chi connectivity index (χ4v) is 2.43. The van der Waals surface area contributed by atoms with Crippen molar-refractivity contribution in [1.29, 1.82) is 0 Å². The third kappa shape index (κ3) is 4.22. The van der Waals surface area contributed by atoms with Gasteiger partial charge in [0.2, 0.25) is 0 Å². The van der Waals surface area contributed by atoms with Crippen LogP contribution in [0.25, 0.3) is 0 Å². The summed E-state index contributed by atoms with van der Waals surface area (Å²) >= 11 is 0. The van der Waals surface area contributed by atoms with Crippen molar-refractivity contribution in [1.82, 2.24) is 4.98 Å². The second-order valence-corrected chi connectivity index (χ2v) is 5.28. The van der Waals surface area contributed by atoms with Gasteiger partial charge in [-0.15, -0.1) is 0 Å². The van der Waals surface area contributed by atoms with Crippen LogP contribution >= 0.6 is 0 Å². The first-order valence-electron chi connectivity index (χ1n) is 7.74. The summed E-state index contributed by atoms with van der Waals surface area (Å²) in [6.07, 6.45) is 3.00. The molecule has 2 aromatic rings. The summed E-state index contributed by atoms with van der Waals surface area (Å²) in [5.41, 5.74) is 3.91. The standard InChI is InChI=1S/C18H25N3/c1-4-11-19-18-13-16(10-12-20-18)14-21(5-2)17-9-7-6-8-15(17)3/h6-10,12-13H,4-5,11,14H2,1-3H3,(H,19,20). The number of hydrogen-bond donors (Lipinski definition) is 1. The average molecular weight is 283 g/mol. The molecule has 2 rings (SSSR count). The van der Waals surface area contributed by atoms with Gasteiger partial charge in [0, 0.05) is 31.5 Å². The van der Waals surface area contributed by atoms with Crippen LogP contribution in [0.4, 0.5) is 11.5 Å². The number of para-hydroxylation sites is 1. The van der Waals surface area contributed by atoms with E-state index < -0.39 is 0 Å². The van der Waals surface area contributed by atoms with E-state index >= 15 is 0 Å². The molecular formula is C18H25N3. The largest absolute Gasteiger partial charge is 0.370 e. The molecule has 1 N–H and O–H groups in total. The minimum Gasteiger partial charge on any atom is -0.370 e. The highest BCUT2D eigenvalue weighted by Gasteiger charge is 2.08. The molecule has 0 spiro atoms. The lowest BCUT2D eigenvalue weighted by atomic mass is 10.1. The molecule has 0 fully saturated rings. The van der Waals surface area contributed by atoms with Crippen molar-refractivity contribution in [2.45, 2.75) is 33.7 Å². The van der Waals surface area contributed by atoms with Crippen molar-refractivity contribution in [2.75, 3.05) is 23.3 Å². The first-order chi connectivity index (χ1) is 10.2. The summed E-state index contributed by atoms with van der Waals surface area (Å²) in [6, 6.07) is 12.8. The Bertz CT molecular complexity index is 566. The molecule has 0 saturated heterocycles. The Morgan fingerprint density at radius 1 is 1.14 bits per heavy atom. The summed E-state index contributed by atoms with van der Waals surface area (Å²) in [5, 5.41) is 3.35. The van der Waals surface area contributed by atoms with Crippen molar-refractivity contribution >= 4 is 11.5 Å². The molecule has 0 aliphatic rings. The summed E-state index contributed by atoms with van der Waals surface area (Å²) in [6.45, 7) is 9.39. The molecule has 0 saturated carbocycles. The topological polar surface area (TPSA) is 28.2 Å². The van der Waals surface area contributed by atoms with Gasteiger partial charge in [0.05, 0.1) is 0 Å². The van der Waals surface area contributed by atoms with E-state index in [0.29, 0.717) is 0 Å². The third-order valence-corrected chi connectivity index (χ3v) is 3.59. The van der Waals surface area contributed by atoms with E-state index in [1.54, 1.807) is 0 Å². The smallest absolute Gasteiger partial charge is 0.126 e. The summed E-state index contributed by atoms with van der Waals surface area (Å²) in [4.78, 5) is 6.77. The van der Waals surface area contributed by atoms with E-state index in [4.69, 9.17) is 0 Å². The Kier molecular flexibility index (Phi) is 5.61. The molecule has 0 bridgehead atoms. The molecule has 112 valence electrons. The average Bonchev–Trinajstić information content (AvgIpc) is 2.52. The fraction of sp³-hybridized carbons (Fsp3) is 0.389. The lowest BCUT2D eigenvalue weighted by molar-refractivity contribution is 0.826. The SMILES string of the molecule is CCCNc1cc(CN(CC)c2ccccc2C)ccn1. The van der Waals surface area contributed by atoms with Crippen molar-refractivity contribution in [3.8, 4) is 0 Å². The van der Waals surface area contributed by atoms with Crippen LogP contribution in [0.3, 0.4) is 0 Å². The second-order valence-electron chi connectivity index (χ2n) is 5.28. The van der Waals surface area contributed by atoms with Gasteiger partial charge in [0.15, 0.2) is 0 Å². The number of nitrogens with one attached hydrogen (secondary N) is 1. The Morgan fingerprint density at radius 2 is 1.95 bits per heavy atom. The Balaban J connectivity index is 2.13. The van der Waals surface area contributed by atoms with Crippen molar-refractivity contribution in [3.05, 3.63) is 53.7 Å². The molecule has 0 aliphatic carbocycles. The van der Waals surface area contributed by atoms with Crippen LogP contribution in [-0.4, -0.2) is 18.1 Å². The Hall–Kier alpha value is -2.03. The molecule has 0 aliphatic heterocycles. The number of pyridine rings is 1. The van der Waals surface area contributed by atoms with Gasteiger partial charge < -0.3 is 10.2 Å². The summed E-state index contributed by atoms with van der Waals surface area (Å²) in [5.74, 6) is 0.968. The van der Waals surface area contributed by atoms with Crippen LogP contribution in [0, 0.1) is 6.92 Å². The molecule has 0 amide bonds. The van der Waals surface area contributed by atoms with Crippen LogP contribution in [0.2, 0.25) is 0 Å². The minimum atomic E-state index is 0.907. The number of nitrogens with zero attached hydrogens (tertiary/aromatic N) is 2. The first kappa shape index (κ1) is 15.4. The maximum absolute atomic E-state index is 4.37. The van der Waals surface area contributed by atoms with Gasteiger partial charge in [-0.3, -0.25) is 0 Å². The number of aromatic nitrogens is 1. The van der Waals surface area contributed by atoms with E-state index in [1.807, 2.05) is 6.20 Å². The number of benzene rings is 1. The van der Waals surface area contributed by atoms with Gasteiger partial charge in [0.1, 0.15) is 5.82 Å². The molecule has 21 heavy (non-hydrogen) atoms. The van der Waals surface area contributed by atoms with Gasteiger partial charge in [0.25, 0.3) is 0 Å². The molecule has 1 heterocycles. The maximum Gasteiger partial charge on any atom is 0.126 e. The zero-order chi connectivity index (χ0) is 15.1. The monoisotopic (exact) mass is 283 g/mol. The molecule has 0 unspecified atom stereocenters. The lowest BCUT2D eigenvalue weighted by Crippen LogP contribution is -2.22. The van der Waals surface area contributed by atoms with Crippen molar-refractivity contribution < 1.29 is 0 Å². The minimum absolute atomic E-state index is 0.907. The Morgan fingerprint density at radius 3 is 2.67 bits per heavy atom. The molecule has 1 aromatic carbocycles. The van der Waals surface area contributed by atoms with Crippen LogP contribution in [-0.2, 0) is 6.54 Å². The normalized spacial score (nSPS) is 10.4. The molecule has 0 atom stereocenters. The van der Waals surface area contributed by atoms with E-state index in [9.17, 15) is 0 Å². The first-order valence-corrected chi connectivity index (χ1v) is 7.74. The third-order valence-electron chi connectivity index (χ3n) is 3.59. The Labute approximate surface area is 128 Å². The van der Waals surface area contributed by atoms with Crippen LogP contribution in [0.1, 0.15) is 31.4 Å². The number of aryl methyl sites for hydroxylation is 1. The predicted octanol–water partition coefficient (Wildman–Crippen LogP) is 4.24. The maximum atomic E-state index is 4.37. The van der Waals surface area contributed by atoms with Crippen molar-refractivity contribution in [3.63, 3.8) is 0 Å².